The highest BCUT2D eigenvalue weighted by molar-refractivity contribution is 7.15. The van der Waals surface area contributed by atoms with Crippen molar-refractivity contribution in [1.82, 2.24) is 15.4 Å². The minimum Gasteiger partial charge on any atom is -0.355 e. The number of nitrogens with one attached hydrogen (secondary N) is 1. The van der Waals surface area contributed by atoms with Crippen LogP contribution < -0.4 is 5.32 Å². The lowest BCUT2D eigenvalue weighted by molar-refractivity contribution is 0.101. The zero-order valence-corrected chi connectivity index (χ0v) is 12.4. The van der Waals surface area contributed by atoms with Gasteiger partial charge in [-0.05, 0) is 24.3 Å². The normalized spacial score (nSPS) is 14.3. The smallest absolute Gasteiger partial charge is 0.279 e. The van der Waals surface area contributed by atoms with Gasteiger partial charge in [-0.25, -0.2) is 0 Å². The Labute approximate surface area is 127 Å². The molecule has 0 aliphatic heterocycles. The minimum atomic E-state index is -0.333. The van der Waals surface area contributed by atoms with Gasteiger partial charge in [-0.15, -0.1) is 21.5 Å². The molecule has 1 aliphatic carbocycles. The molecule has 0 atom stereocenters. The quantitative estimate of drug-likeness (QED) is 0.797. The molecule has 3 aromatic rings. The van der Waals surface area contributed by atoms with Crippen molar-refractivity contribution >= 4 is 33.7 Å². The second-order valence-corrected chi connectivity index (χ2v) is 6.68. The summed E-state index contributed by atoms with van der Waals surface area (Å²) in [6, 6.07) is 5.46. The first-order valence-electron chi connectivity index (χ1n) is 6.45. The van der Waals surface area contributed by atoms with Gasteiger partial charge in [-0.2, -0.15) is 0 Å². The van der Waals surface area contributed by atoms with E-state index in [9.17, 15) is 4.79 Å². The minimum absolute atomic E-state index is 0.238. The first-order chi connectivity index (χ1) is 10.3. The number of rotatable bonds is 4. The highest BCUT2D eigenvalue weighted by atomic mass is 32.1. The van der Waals surface area contributed by atoms with Gasteiger partial charge < -0.3 is 4.52 Å². The summed E-state index contributed by atoms with van der Waals surface area (Å²) in [5, 5.41) is 18.0. The van der Waals surface area contributed by atoms with Crippen molar-refractivity contribution in [3.05, 3.63) is 34.3 Å². The van der Waals surface area contributed by atoms with Crippen LogP contribution >= 0.6 is 22.7 Å². The molecule has 1 N–H and O–H groups in total. The van der Waals surface area contributed by atoms with Crippen LogP contribution in [-0.2, 0) is 0 Å². The number of carbonyl (C=O) groups excluding carboxylic acids is 1. The molecule has 0 spiro atoms. The van der Waals surface area contributed by atoms with Gasteiger partial charge in [0.2, 0.25) is 5.13 Å². The van der Waals surface area contributed by atoms with Crippen LogP contribution in [0, 0.1) is 0 Å². The van der Waals surface area contributed by atoms with Crippen LogP contribution in [0.5, 0.6) is 0 Å². The lowest BCUT2D eigenvalue weighted by atomic mass is 10.3. The van der Waals surface area contributed by atoms with E-state index in [-0.39, 0.29) is 11.6 Å². The predicted octanol–water partition coefficient (Wildman–Crippen LogP) is 3.38. The first kappa shape index (κ1) is 12.7. The van der Waals surface area contributed by atoms with Crippen molar-refractivity contribution in [3.63, 3.8) is 0 Å². The van der Waals surface area contributed by atoms with Gasteiger partial charge in [-0.1, -0.05) is 22.6 Å². The molecular formula is C13H10N4O2S2. The molecule has 1 amide bonds. The van der Waals surface area contributed by atoms with Crippen LogP contribution in [0.25, 0.3) is 10.6 Å². The summed E-state index contributed by atoms with van der Waals surface area (Å²) in [5.74, 6) is 0.789. The Kier molecular flexibility index (Phi) is 3.04. The third kappa shape index (κ3) is 2.59. The number of thiophene rings is 1. The Morgan fingerprint density at radius 1 is 1.38 bits per heavy atom. The second kappa shape index (κ2) is 5.05. The van der Waals surface area contributed by atoms with E-state index < -0.39 is 0 Å². The van der Waals surface area contributed by atoms with Gasteiger partial charge in [0.15, 0.2) is 11.5 Å². The Morgan fingerprint density at radius 3 is 3.05 bits per heavy atom. The van der Waals surface area contributed by atoms with Gasteiger partial charge in [-0.3, -0.25) is 10.1 Å². The molecule has 1 saturated carbocycles. The van der Waals surface area contributed by atoms with E-state index in [1.54, 1.807) is 6.07 Å². The molecule has 0 saturated heterocycles. The van der Waals surface area contributed by atoms with Gasteiger partial charge in [0, 0.05) is 12.0 Å². The van der Waals surface area contributed by atoms with Crippen LogP contribution in [0.3, 0.4) is 0 Å². The molecule has 106 valence electrons. The lowest BCUT2D eigenvalue weighted by Gasteiger charge is -1.94. The molecule has 4 rings (SSSR count). The summed E-state index contributed by atoms with van der Waals surface area (Å²) in [4.78, 5) is 13.0. The van der Waals surface area contributed by atoms with Crippen LogP contribution in [-0.4, -0.2) is 21.3 Å². The molecule has 3 aromatic heterocycles. The molecule has 1 fully saturated rings. The molecule has 0 radical (unpaired) electrons. The Bertz CT molecular complexity index is 774. The maximum Gasteiger partial charge on any atom is 0.279 e. The number of amides is 1. The Balaban J connectivity index is 1.49. The molecule has 0 aromatic carbocycles. The van der Waals surface area contributed by atoms with Crippen LogP contribution in [0.15, 0.2) is 28.1 Å². The predicted molar refractivity (Wildman–Crippen MR) is 79.7 cm³/mol. The fourth-order valence-electron chi connectivity index (χ4n) is 1.86. The molecule has 0 bridgehead atoms. The van der Waals surface area contributed by atoms with E-state index in [0.717, 1.165) is 22.7 Å². The fourth-order valence-corrected chi connectivity index (χ4v) is 3.44. The molecular weight excluding hydrogens is 308 g/mol. The molecule has 6 nitrogen and oxygen atoms in total. The standard InChI is InChI=1S/C13H10N4O2S2/c18-11(14-13-16-15-12(21-13)7-3-4-7)8-6-9(19-17-8)10-2-1-5-20-10/h1-2,5-7H,3-4H2,(H,14,16,18). The summed E-state index contributed by atoms with van der Waals surface area (Å²) < 4.78 is 5.19. The number of aromatic nitrogens is 3. The van der Waals surface area contributed by atoms with Gasteiger partial charge in [0.05, 0.1) is 4.88 Å². The molecule has 1 aliphatic rings. The summed E-state index contributed by atoms with van der Waals surface area (Å²) >= 11 is 2.95. The van der Waals surface area contributed by atoms with Crippen molar-refractivity contribution in [2.24, 2.45) is 0 Å². The monoisotopic (exact) mass is 318 g/mol. The van der Waals surface area contributed by atoms with Gasteiger partial charge in [0.25, 0.3) is 5.91 Å². The lowest BCUT2D eigenvalue weighted by Crippen LogP contribution is -2.11. The molecule has 8 heteroatoms. The maximum atomic E-state index is 12.1. The Hall–Kier alpha value is -2.06. The van der Waals surface area contributed by atoms with Crippen molar-refractivity contribution < 1.29 is 9.32 Å². The highest BCUT2D eigenvalue weighted by Crippen LogP contribution is 2.42. The number of nitrogens with zero attached hydrogens (tertiary/aromatic N) is 3. The topological polar surface area (TPSA) is 80.9 Å². The number of hydrogen-bond donors (Lipinski definition) is 1. The molecule has 0 unspecified atom stereocenters. The van der Waals surface area contributed by atoms with Gasteiger partial charge >= 0.3 is 0 Å². The summed E-state index contributed by atoms with van der Waals surface area (Å²) in [6.45, 7) is 0. The zero-order valence-electron chi connectivity index (χ0n) is 10.8. The number of hydrogen-bond acceptors (Lipinski definition) is 7. The van der Waals surface area contributed by atoms with E-state index in [2.05, 4.69) is 20.7 Å². The summed E-state index contributed by atoms with van der Waals surface area (Å²) in [5.41, 5.74) is 0.238. The van der Waals surface area contributed by atoms with E-state index in [1.807, 2.05) is 17.5 Å². The molecule has 21 heavy (non-hydrogen) atoms. The van der Waals surface area contributed by atoms with Crippen molar-refractivity contribution in [2.75, 3.05) is 5.32 Å². The van der Waals surface area contributed by atoms with E-state index >= 15 is 0 Å². The van der Waals surface area contributed by atoms with Crippen molar-refractivity contribution in [2.45, 2.75) is 18.8 Å². The number of anilines is 1. The van der Waals surface area contributed by atoms with Crippen molar-refractivity contribution in [1.29, 1.82) is 0 Å². The zero-order chi connectivity index (χ0) is 14.2. The molecule has 3 heterocycles. The maximum absolute atomic E-state index is 12.1. The third-order valence-electron chi connectivity index (χ3n) is 3.09. The highest BCUT2D eigenvalue weighted by Gasteiger charge is 2.28. The first-order valence-corrected chi connectivity index (χ1v) is 8.14. The van der Waals surface area contributed by atoms with E-state index in [1.165, 1.54) is 22.7 Å². The van der Waals surface area contributed by atoms with E-state index in [0.29, 0.717) is 16.8 Å². The average Bonchev–Trinajstić information content (AvgIpc) is 2.94. The van der Waals surface area contributed by atoms with E-state index in [4.69, 9.17) is 4.52 Å². The van der Waals surface area contributed by atoms with Crippen LogP contribution in [0.2, 0.25) is 0 Å². The third-order valence-corrected chi connectivity index (χ3v) is 4.98. The second-order valence-electron chi connectivity index (χ2n) is 4.73. The average molecular weight is 318 g/mol. The fraction of sp³-hybridized carbons (Fsp3) is 0.231. The van der Waals surface area contributed by atoms with Crippen molar-refractivity contribution in [3.8, 4) is 10.6 Å². The largest absolute Gasteiger partial charge is 0.355 e. The summed E-state index contributed by atoms with van der Waals surface area (Å²) in [6.07, 6.45) is 2.33. The SMILES string of the molecule is O=C(Nc1nnc(C2CC2)s1)c1cc(-c2cccs2)on1. The number of carbonyl (C=O) groups is 1. The van der Waals surface area contributed by atoms with Crippen LogP contribution in [0.1, 0.15) is 34.3 Å². The Morgan fingerprint density at radius 2 is 2.29 bits per heavy atom. The van der Waals surface area contributed by atoms with Gasteiger partial charge in [0.1, 0.15) is 5.01 Å². The van der Waals surface area contributed by atoms with Crippen LogP contribution in [0.4, 0.5) is 5.13 Å². The summed E-state index contributed by atoms with van der Waals surface area (Å²) in [7, 11) is 0.